The van der Waals surface area contributed by atoms with Crippen LogP contribution in [0.15, 0.2) is 42.5 Å². The Balaban J connectivity index is 1.63. The number of anilines is 2. The van der Waals surface area contributed by atoms with E-state index in [0.29, 0.717) is 10.7 Å². The van der Waals surface area contributed by atoms with Crippen molar-refractivity contribution in [2.75, 3.05) is 36.4 Å². The Bertz CT molecular complexity index is 822. The first kappa shape index (κ1) is 17.5. The fourth-order valence-corrected chi connectivity index (χ4v) is 3.40. The van der Waals surface area contributed by atoms with Gasteiger partial charge in [0.25, 0.3) is 0 Å². The Morgan fingerprint density at radius 1 is 1.12 bits per heavy atom. The van der Waals surface area contributed by atoms with E-state index in [9.17, 15) is 5.26 Å². The second-order valence-corrected chi connectivity index (χ2v) is 6.74. The van der Waals surface area contributed by atoms with Gasteiger partial charge in [-0.1, -0.05) is 29.8 Å². The molecule has 1 heterocycles. The maximum absolute atomic E-state index is 9.27. The maximum atomic E-state index is 9.27. The monoisotopic (exact) mass is 370 g/mol. The van der Waals surface area contributed by atoms with E-state index in [4.69, 9.17) is 23.8 Å². The molecule has 6 heteroatoms. The maximum Gasteiger partial charge on any atom is 0.173 e. The molecular weight excluding hydrogens is 352 g/mol. The number of piperazine rings is 1. The van der Waals surface area contributed by atoms with Gasteiger partial charge in [0.1, 0.15) is 6.07 Å². The van der Waals surface area contributed by atoms with Gasteiger partial charge in [-0.2, -0.15) is 5.26 Å². The zero-order valence-corrected chi connectivity index (χ0v) is 15.6. The standard InChI is InChI=1S/C19H19ClN4S/c1-14-16(20)6-4-7-17(14)22-19(25)24-11-9-23(10-12-24)18-8-3-2-5-15(18)13-21/h2-8H,9-12H2,1H3,(H,22,25). The molecule has 0 spiro atoms. The van der Waals surface area contributed by atoms with Crippen LogP contribution in [0.2, 0.25) is 5.02 Å². The van der Waals surface area contributed by atoms with Crippen LogP contribution in [0.3, 0.4) is 0 Å². The second-order valence-electron chi connectivity index (χ2n) is 5.95. The summed E-state index contributed by atoms with van der Waals surface area (Å²) in [6, 6.07) is 15.7. The smallest absolute Gasteiger partial charge is 0.173 e. The molecule has 25 heavy (non-hydrogen) atoms. The van der Waals surface area contributed by atoms with Crippen molar-refractivity contribution < 1.29 is 0 Å². The number of hydrogen-bond acceptors (Lipinski definition) is 3. The van der Waals surface area contributed by atoms with E-state index >= 15 is 0 Å². The van der Waals surface area contributed by atoms with Crippen LogP contribution in [0.1, 0.15) is 11.1 Å². The largest absolute Gasteiger partial charge is 0.367 e. The number of nitrogens with one attached hydrogen (secondary N) is 1. The first-order valence-corrected chi connectivity index (χ1v) is 8.94. The first-order valence-electron chi connectivity index (χ1n) is 8.15. The van der Waals surface area contributed by atoms with Crippen LogP contribution in [-0.2, 0) is 0 Å². The average molecular weight is 371 g/mol. The van der Waals surface area contributed by atoms with Gasteiger partial charge in [-0.05, 0) is 49.0 Å². The molecule has 1 saturated heterocycles. The van der Waals surface area contributed by atoms with Gasteiger partial charge in [-0.25, -0.2) is 0 Å². The highest BCUT2D eigenvalue weighted by molar-refractivity contribution is 7.80. The molecule has 4 nitrogen and oxygen atoms in total. The quantitative estimate of drug-likeness (QED) is 0.808. The molecule has 1 fully saturated rings. The van der Waals surface area contributed by atoms with Crippen LogP contribution in [0.5, 0.6) is 0 Å². The number of para-hydroxylation sites is 1. The van der Waals surface area contributed by atoms with Gasteiger partial charge in [0.15, 0.2) is 5.11 Å². The van der Waals surface area contributed by atoms with E-state index in [-0.39, 0.29) is 0 Å². The van der Waals surface area contributed by atoms with Gasteiger partial charge in [0.2, 0.25) is 0 Å². The van der Waals surface area contributed by atoms with Crippen LogP contribution in [0.25, 0.3) is 0 Å². The summed E-state index contributed by atoms with van der Waals surface area (Å²) in [6.07, 6.45) is 0. The lowest BCUT2D eigenvalue weighted by atomic mass is 10.1. The summed E-state index contributed by atoms with van der Waals surface area (Å²) >= 11 is 11.7. The predicted octanol–water partition coefficient (Wildman–Crippen LogP) is 4.04. The molecular formula is C19H19ClN4S. The molecule has 1 N–H and O–H groups in total. The molecule has 1 aliphatic heterocycles. The highest BCUT2D eigenvalue weighted by Crippen LogP contribution is 2.24. The third-order valence-corrected chi connectivity index (χ3v) is 5.21. The third kappa shape index (κ3) is 3.87. The van der Waals surface area contributed by atoms with Crippen molar-refractivity contribution >= 4 is 40.3 Å². The van der Waals surface area contributed by atoms with E-state index in [1.165, 1.54) is 0 Å². The van der Waals surface area contributed by atoms with Gasteiger partial charge in [-0.3, -0.25) is 0 Å². The summed E-state index contributed by atoms with van der Waals surface area (Å²) in [7, 11) is 0. The number of thiocarbonyl (C=S) groups is 1. The van der Waals surface area contributed by atoms with Crippen molar-refractivity contribution in [3.63, 3.8) is 0 Å². The summed E-state index contributed by atoms with van der Waals surface area (Å²) < 4.78 is 0. The lowest BCUT2D eigenvalue weighted by Crippen LogP contribution is -2.50. The number of nitriles is 1. The lowest BCUT2D eigenvalue weighted by Gasteiger charge is -2.37. The fraction of sp³-hybridized carbons (Fsp3) is 0.263. The Morgan fingerprint density at radius 3 is 2.56 bits per heavy atom. The number of rotatable bonds is 2. The van der Waals surface area contributed by atoms with Crippen LogP contribution >= 0.6 is 23.8 Å². The summed E-state index contributed by atoms with van der Waals surface area (Å²) in [4.78, 5) is 4.39. The summed E-state index contributed by atoms with van der Waals surface area (Å²) in [5.74, 6) is 0. The Kier molecular flexibility index (Phi) is 5.42. The normalized spacial score (nSPS) is 14.1. The molecule has 1 aliphatic rings. The van der Waals surface area contributed by atoms with Crippen molar-refractivity contribution in [1.29, 1.82) is 5.26 Å². The minimum Gasteiger partial charge on any atom is -0.367 e. The van der Waals surface area contributed by atoms with Crippen molar-refractivity contribution in [3.05, 3.63) is 58.6 Å². The summed E-state index contributed by atoms with van der Waals surface area (Å²) in [6.45, 7) is 5.25. The molecule has 128 valence electrons. The average Bonchev–Trinajstić information content (AvgIpc) is 2.65. The lowest BCUT2D eigenvalue weighted by molar-refractivity contribution is 0.391. The summed E-state index contributed by atoms with van der Waals surface area (Å²) in [5.41, 5.74) is 3.64. The van der Waals surface area contributed by atoms with E-state index in [1.54, 1.807) is 0 Å². The number of halogens is 1. The van der Waals surface area contributed by atoms with Gasteiger partial charge in [0, 0.05) is 36.9 Å². The Labute approximate surface area is 158 Å². The zero-order valence-electron chi connectivity index (χ0n) is 14.0. The van der Waals surface area contributed by atoms with E-state index in [0.717, 1.165) is 48.1 Å². The van der Waals surface area contributed by atoms with Crippen LogP contribution in [0.4, 0.5) is 11.4 Å². The van der Waals surface area contributed by atoms with Gasteiger partial charge >= 0.3 is 0 Å². The van der Waals surface area contributed by atoms with Crippen molar-refractivity contribution in [3.8, 4) is 6.07 Å². The van der Waals surface area contributed by atoms with Gasteiger partial charge in [0.05, 0.1) is 11.3 Å². The first-order chi connectivity index (χ1) is 12.1. The number of nitrogens with zero attached hydrogens (tertiary/aromatic N) is 3. The molecule has 0 bridgehead atoms. The van der Waals surface area contributed by atoms with Gasteiger partial charge < -0.3 is 15.1 Å². The molecule has 0 radical (unpaired) electrons. The Hall–Kier alpha value is -2.29. The molecule has 2 aromatic carbocycles. The molecule has 0 aliphatic carbocycles. The van der Waals surface area contributed by atoms with Crippen LogP contribution in [-0.4, -0.2) is 36.2 Å². The predicted molar refractivity (Wildman–Crippen MR) is 107 cm³/mol. The minimum atomic E-state index is 0.707. The topological polar surface area (TPSA) is 42.3 Å². The summed E-state index contributed by atoms with van der Waals surface area (Å²) in [5, 5.41) is 14.0. The fourth-order valence-electron chi connectivity index (χ4n) is 2.93. The van der Waals surface area contributed by atoms with E-state index in [2.05, 4.69) is 21.2 Å². The number of hydrogen-bond donors (Lipinski definition) is 1. The molecule has 0 saturated carbocycles. The van der Waals surface area contributed by atoms with Crippen molar-refractivity contribution in [1.82, 2.24) is 4.90 Å². The van der Waals surface area contributed by atoms with Crippen molar-refractivity contribution in [2.24, 2.45) is 0 Å². The molecule has 0 unspecified atom stereocenters. The molecule has 3 rings (SSSR count). The molecule has 2 aromatic rings. The molecule has 0 amide bonds. The third-order valence-electron chi connectivity index (χ3n) is 4.44. The SMILES string of the molecule is Cc1c(Cl)cccc1NC(=S)N1CCN(c2ccccc2C#N)CC1. The molecule has 0 aromatic heterocycles. The van der Waals surface area contributed by atoms with Crippen LogP contribution in [0, 0.1) is 18.3 Å². The minimum absolute atomic E-state index is 0.707. The highest BCUT2D eigenvalue weighted by atomic mass is 35.5. The number of benzene rings is 2. The van der Waals surface area contributed by atoms with Gasteiger partial charge in [-0.15, -0.1) is 0 Å². The molecule has 0 atom stereocenters. The van der Waals surface area contributed by atoms with Crippen molar-refractivity contribution in [2.45, 2.75) is 6.92 Å². The Morgan fingerprint density at radius 2 is 1.84 bits per heavy atom. The second kappa shape index (κ2) is 7.73. The van der Waals surface area contributed by atoms with Crippen LogP contribution < -0.4 is 10.2 Å². The zero-order chi connectivity index (χ0) is 17.8. The highest BCUT2D eigenvalue weighted by Gasteiger charge is 2.21. The van der Waals surface area contributed by atoms with E-state index in [1.807, 2.05) is 49.4 Å². The van der Waals surface area contributed by atoms with E-state index < -0.39 is 0 Å².